The van der Waals surface area contributed by atoms with Crippen LogP contribution in [0.5, 0.6) is 0 Å². The van der Waals surface area contributed by atoms with Gasteiger partial charge in [0, 0.05) is 10.2 Å². The van der Waals surface area contributed by atoms with Crippen LogP contribution in [0.4, 0.5) is 5.69 Å². The minimum Gasteiger partial charge on any atom is -0.330 e. The Hall–Kier alpha value is -1.37. The summed E-state index contributed by atoms with van der Waals surface area (Å²) in [5.74, 6) is 0. The van der Waals surface area contributed by atoms with E-state index in [-0.39, 0.29) is 4.90 Å². The van der Waals surface area contributed by atoms with Crippen molar-refractivity contribution in [1.29, 1.82) is 0 Å². The van der Waals surface area contributed by atoms with Crippen LogP contribution in [0.15, 0.2) is 51.8 Å². The Morgan fingerprint density at radius 1 is 1.14 bits per heavy atom. The monoisotopic (exact) mass is 382 g/mol. The highest BCUT2D eigenvalue weighted by Crippen LogP contribution is 2.25. The second-order valence-electron chi connectivity index (χ2n) is 5.13. The van der Waals surface area contributed by atoms with Gasteiger partial charge >= 0.3 is 0 Å². The second-order valence-corrected chi connectivity index (χ2v) is 7.63. The third-order valence-corrected chi connectivity index (χ3v) is 5.61. The maximum Gasteiger partial charge on any atom is 0.263 e. The Labute approximate surface area is 139 Å². The highest BCUT2D eigenvalue weighted by molar-refractivity contribution is 9.10. The van der Waals surface area contributed by atoms with Crippen LogP contribution in [-0.2, 0) is 16.4 Å². The number of hydrogen-bond donors (Lipinski definition) is 2. The summed E-state index contributed by atoms with van der Waals surface area (Å²) in [5, 5.41) is 0. The van der Waals surface area contributed by atoms with Gasteiger partial charge in [0.1, 0.15) is 4.90 Å². The topological polar surface area (TPSA) is 72.2 Å². The Bertz CT molecular complexity index is 743. The quantitative estimate of drug-likeness (QED) is 0.803. The summed E-state index contributed by atoms with van der Waals surface area (Å²) in [6, 6.07) is 12.5. The maximum absolute atomic E-state index is 12.4. The summed E-state index contributed by atoms with van der Waals surface area (Å²) < 4.78 is 28.0. The molecule has 118 valence electrons. The van der Waals surface area contributed by atoms with E-state index in [0.717, 1.165) is 24.0 Å². The van der Waals surface area contributed by atoms with Gasteiger partial charge in [-0.15, -0.1) is 0 Å². The van der Waals surface area contributed by atoms with Crippen molar-refractivity contribution in [2.75, 3.05) is 11.3 Å². The number of nitrogens with one attached hydrogen (secondary N) is 1. The number of benzene rings is 2. The molecule has 0 aliphatic carbocycles. The van der Waals surface area contributed by atoms with Gasteiger partial charge in [0.15, 0.2) is 0 Å². The molecule has 0 aliphatic heterocycles. The van der Waals surface area contributed by atoms with Crippen molar-refractivity contribution < 1.29 is 8.42 Å². The van der Waals surface area contributed by atoms with Crippen molar-refractivity contribution in [1.82, 2.24) is 0 Å². The first kappa shape index (κ1) is 17.0. The summed E-state index contributed by atoms with van der Waals surface area (Å²) in [7, 11) is -3.61. The van der Waals surface area contributed by atoms with Gasteiger partial charge in [-0.3, -0.25) is 4.72 Å². The first-order valence-electron chi connectivity index (χ1n) is 7.00. The van der Waals surface area contributed by atoms with Gasteiger partial charge < -0.3 is 5.73 Å². The van der Waals surface area contributed by atoms with Crippen molar-refractivity contribution in [2.24, 2.45) is 5.73 Å². The van der Waals surface area contributed by atoms with Crippen LogP contribution in [0.25, 0.3) is 0 Å². The van der Waals surface area contributed by atoms with Gasteiger partial charge in [0.25, 0.3) is 10.0 Å². The third kappa shape index (κ3) is 4.32. The van der Waals surface area contributed by atoms with Gasteiger partial charge in [-0.1, -0.05) is 18.2 Å². The summed E-state index contributed by atoms with van der Waals surface area (Å²) in [5.41, 5.74) is 8.17. The van der Waals surface area contributed by atoms with E-state index in [0.29, 0.717) is 16.7 Å². The fraction of sp³-hybridized carbons (Fsp3) is 0.250. The molecule has 0 atom stereocenters. The number of nitrogens with two attached hydrogens (primary N) is 1. The smallest absolute Gasteiger partial charge is 0.263 e. The minimum atomic E-state index is -3.61. The number of rotatable bonds is 6. The first-order valence-corrected chi connectivity index (χ1v) is 9.28. The molecule has 3 N–H and O–H groups in total. The predicted molar refractivity (Wildman–Crippen MR) is 93.5 cm³/mol. The van der Waals surface area contributed by atoms with Crippen molar-refractivity contribution in [3.8, 4) is 0 Å². The lowest BCUT2D eigenvalue weighted by Crippen LogP contribution is -2.13. The Morgan fingerprint density at radius 3 is 2.41 bits per heavy atom. The van der Waals surface area contributed by atoms with Gasteiger partial charge in [0.2, 0.25) is 0 Å². The number of anilines is 1. The molecule has 0 fully saturated rings. The van der Waals surface area contributed by atoms with E-state index in [2.05, 4.69) is 20.7 Å². The molecule has 2 aromatic carbocycles. The molecule has 0 spiro atoms. The molecule has 2 rings (SSSR count). The Morgan fingerprint density at radius 2 is 1.82 bits per heavy atom. The van der Waals surface area contributed by atoms with Gasteiger partial charge in [-0.05, 0) is 77.6 Å². The van der Waals surface area contributed by atoms with E-state index >= 15 is 0 Å². The molecule has 0 unspecified atom stereocenters. The zero-order chi connectivity index (χ0) is 16.2. The maximum atomic E-state index is 12.4. The predicted octanol–water partition coefficient (Wildman–Crippen LogP) is 3.45. The Kier molecular flexibility index (Phi) is 5.61. The highest BCUT2D eigenvalue weighted by Gasteiger charge is 2.17. The van der Waals surface area contributed by atoms with Crippen molar-refractivity contribution in [3.05, 3.63) is 58.1 Å². The first-order chi connectivity index (χ1) is 10.4. The summed E-state index contributed by atoms with van der Waals surface area (Å²) in [4.78, 5) is 0.227. The lowest BCUT2D eigenvalue weighted by Gasteiger charge is -2.11. The fourth-order valence-electron chi connectivity index (χ4n) is 2.08. The van der Waals surface area contributed by atoms with Gasteiger partial charge in [0.05, 0.1) is 0 Å². The van der Waals surface area contributed by atoms with Crippen molar-refractivity contribution in [2.45, 2.75) is 24.7 Å². The van der Waals surface area contributed by atoms with Crippen LogP contribution in [0.1, 0.15) is 17.5 Å². The fourth-order valence-corrected chi connectivity index (χ4v) is 4.33. The van der Waals surface area contributed by atoms with Crippen LogP contribution in [0, 0.1) is 6.92 Å². The summed E-state index contributed by atoms with van der Waals surface area (Å²) in [6.45, 7) is 2.56. The SMILES string of the molecule is Cc1ccc(S(=O)(=O)Nc2ccc(CCCN)cc2)c(Br)c1. The van der Waals surface area contributed by atoms with Crippen LogP contribution in [-0.4, -0.2) is 15.0 Å². The van der Waals surface area contributed by atoms with Crippen LogP contribution < -0.4 is 10.5 Å². The van der Waals surface area contributed by atoms with Crippen LogP contribution in [0.3, 0.4) is 0 Å². The lowest BCUT2D eigenvalue weighted by atomic mass is 10.1. The molecular formula is C16H19BrN2O2S. The molecule has 0 aromatic heterocycles. The third-order valence-electron chi connectivity index (χ3n) is 3.25. The average molecular weight is 383 g/mol. The molecule has 0 amide bonds. The van der Waals surface area contributed by atoms with E-state index < -0.39 is 10.0 Å². The minimum absolute atomic E-state index is 0.227. The molecule has 4 nitrogen and oxygen atoms in total. The molecule has 0 heterocycles. The number of halogens is 1. The largest absolute Gasteiger partial charge is 0.330 e. The number of sulfonamides is 1. The average Bonchev–Trinajstić information content (AvgIpc) is 2.45. The van der Waals surface area contributed by atoms with E-state index in [1.165, 1.54) is 0 Å². The molecule has 0 saturated heterocycles. The zero-order valence-corrected chi connectivity index (χ0v) is 14.7. The normalized spacial score (nSPS) is 11.4. The number of aryl methyl sites for hydroxylation is 2. The molecule has 0 bridgehead atoms. The van der Waals surface area contributed by atoms with Crippen LogP contribution in [0.2, 0.25) is 0 Å². The second kappa shape index (κ2) is 7.26. The van der Waals surface area contributed by atoms with E-state index in [9.17, 15) is 8.42 Å². The molecular weight excluding hydrogens is 364 g/mol. The van der Waals surface area contributed by atoms with Crippen molar-refractivity contribution >= 4 is 31.6 Å². The zero-order valence-electron chi connectivity index (χ0n) is 12.3. The Balaban J connectivity index is 2.18. The standard InChI is InChI=1S/C16H19BrN2O2S/c1-12-4-9-16(15(17)11-12)22(20,21)19-14-7-5-13(6-8-14)3-2-10-18/h4-9,11,19H,2-3,10,18H2,1H3. The highest BCUT2D eigenvalue weighted by atomic mass is 79.9. The molecule has 0 saturated carbocycles. The molecule has 0 aliphatic rings. The lowest BCUT2D eigenvalue weighted by molar-refractivity contribution is 0.600. The van der Waals surface area contributed by atoms with E-state index in [4.69, 9.17) is 5.73 Å². The van der Waals surface area contributed by atoms with Gasteiger partial charge in [-0.2, -0.15) is 0 Å². The van der Waals surface area contributed by atoms with Crippen molar-refractivity contribution in [3.63, 3.8) is 0 Å². The summed E-state index contributed by atoms with van der Waals surface area (Å²) in [6.07, 6.45) is 1.81. The molecule has 22 heavy (non-hydrogen) atoms. The van der Waals surface area contributed by atoms with E-state index in [1.54, 1.807) is 30.3 Å². The summed E-state index contributed by atoms with van der Waals surface area (Å²) >= 11 is 3.31. The molecule has 0 radical (unpaired) electrons. The molecule has 6 heteroatoms. The number of hydrogen-bond acceptors (Lipinski definition) is 3. The van der Waals surface area contributed by atoms with Crippen LogP contribution >= 0.6 is 15.9 Å². The molecule has 2 aromatic rings. The van der Waals surface area contributed by atoms with Gasteiger partial charge in [-0.25, -0.2) is 8.42 Å². The van der Waals surface area contributed by atoms with E-state index in [1.807, 2.05) is 19.1 Å².